The molecular formula is C13H10ClF3N2O. The Bertz CT molecular complexity index is 587. The van der Waals surface area contributed by atoms with Gasteiger partial charge in [0.05, 0.1) is 16.8 Å². The van der Waals surface area contributed by atoms with Gasteiger partial charge in [-0.1, -0.05) is 29.8 Å². The van der Waals surface area contributed by atoms with Crippen molar-refractivity contribution in [3.05, 3.63) is 58.9 Å². The number of nitrogens with two attached hydrogens (primary N) is 1. The lowest BCUT2D eigenvalue weighted by Crippen LogP contribution is -2.21. The van der Waals surface area contributed by atoms with Crippen molar-refractivity contribution in [3.63, 3.8) is 0 Å². The maximum Gasteiger partial charge on any atom is 0.573 e. The SMILES string of the molecule is NC(c1ccc(Cl)cn1)c1ccccc1OC(F)(F)F. The maximum atomic E-state index is 12.3. The summed E-state index contributed by atoms with van der Waals surface area (Å²) < 4.78 is 41.0. The van der Waals surface area contributed by atoms with E-state index in [0.717, 1.165) is 0 Å². The van der Waals surface area contributed by atoms with Crippen LogP contribution in [0, 0.1) is 0 Å². The van der Waals surface area contributed by atoms with Crippen molar-refractivity contribution >= 4 is 11.6 Å². The molecule has 0 radical (unpaired) electrons. The van der Waals surface area contributed by atoms with Crippen molar-refractivity contribution in [2.75, 3.05) is 0 Å². The number of pyridine rings is 1. The number of hydrogen-bond acceptors (Lipinski definition) is 3. The molecule has 0 aliphatic carbocycles. The lowest BCUT2D eigenvalue weighted by molar-refractivity contribution is -0.274. The third kappa shape index (κ3) is 3.61. The minimum absolute atomic E-state index is 0.194. The van der Waals surface area contributed by atoms with Gasteiger partial charge in [0.25, 0.3) is 0 Å². The molecule has 2 N–H and O–H groups in total. The topological polar surface area (TPSA) is 48.1 Å². The van der Waals surface area contributed by atoms with Crippen LogP contribution in [0.1, 0.15) is 17.3 Å². The molecule has 1 atom stereocenters. The molecule has 0 fully saturated rings. The predicted molar refractivity (Wildman–Crippen MR) is 68.4 cm³/mol. The highest BCUT2D eigenvalue weighted by Gasteiger charge is 2.32. The summed E-state index contributed by atoms with van der Waals surface area (Å²) in [7, 11) is 0. The van der Waals surface area contributed by atoms with Crippen molar-refractivity contribution in [1.82, 2.24) is 4.98 Å². The molecule has 0 spiro atoms. The molecule has 0 aliphatic heterocycles. The first-order valence-electron chi connectivity index (χ1n) is 5.58. The number of aromatic nitrogens is 1. The average Bonchev–Trinajstić information content (AvgIpc) is 2.37. The maximum absolute atomic E-state index is 12.3. The first kappa shape index (κ1) is 14.6. The van der Waals surface area contributed by atoms with Gasteiger partial charge in [-0.15, -0.1) is 13.2 Å². The number of para-hydroxylation sites is 1. The molecule has 7 heteroatoms. The van der Waals surface area contributed by atoms with Crippen molar-refractivity contribution in [1.29, 1.82) is 0 Å². The molecule has 0 amide bonds. The first-order valence-corrected chi connectivity index (χ1v) is 5.96. The van der Waals surface area contributed by atoms with E-state index in [1.807, 2.05) is 0 Å². The van der Waals surface area contributed by atoms with Crippen LogP contribution in [-0.4, -0.2) is 11.3 Å². The van der Waals surface area contributed by atoms with E-state index < -0.39 is 12.4 Å². The van der Waals surface area contributed by atoms with Crippen molar-refractivity contribution in [3.8, 4) is 5.75 Å². The number of ether oxygens (including phenoxy) is 1. The van der Waals surface area contributed by atoms with Gasteiger partial charge in [-0.05, 0) is 18.2 Å². The van der Waals surface area contributed by atoms with Crippen LogP contribution >= 0.6 is 11.6 Å². The molecular weight excluding hydrogens is 293 g/mol. The van der Waals surface area contributed by atoms with Gasteiger partial charge in [0.2, 0.25) is 0 Å². The second-order valence-electron chi connectivity index (χ2n) is 3.96. The molecule has 3 nitrogen and oxygen atoms in total. The van der Waals surface area contributed by atoms with E-state index in [0.29, 0.717) is 10.7 Å². The lowest BCUT2D eigenvalue weighted by atomic mass is 10.0. The summed E-state index contributed by atoms with van der Waals surface area (Å²) in [5.74, 6) is -0.343. The zero-order valence-electron chi connectivity index (χ0n) is 10.1. The fraction of sp³-hybridized carbons (Fsp3) is 0.154. The van der Waals surface area contributed by atoms with Crippen molar-refractivity contribution in [2.24, 2.45) is 5.73 Å². The normalized spacial score (nSPS) is 13.1. The van der Waals surface area contributed by atoms with E-state index in [2.05, 4.69) is 9.72 Å². The molecule has 2 aromatic rings. The van der Waals surface area contributed by atoms with Gasteiger partial charge in [0.1, 0.15) is 5.75 Å². The van der Waals surface area contributed by atoms with Gasteiger partial charge < -0.3 is 10.5 Å². The molecule has 0 saturated heterocycles. The van der Waals surface area contributed by atoms with Gasteiger partial charge in [0, 0.05) is 11.8 Å². The average molecular weight is 303 g/mol. The molecule has 1 unspecified atom stereocenters. The Hall–Kier alpha value is -1.79. The summed E-state index contributed by atoms with van der Waals surface area (Å²) in [6.45, 7) is 0. The van der Waals surface area contributed by atoms with Crippen LogP contribution < -0.4 is 10.5 Å². The molecule has 0 saturated carbocycles. The van der Waals surface area contributed by atoms with Crippen molar-refractivity contribution < 1.29 is 17.9 Å². The quantitative estimate of drug-likeness (QED) is 0.941. The monoisotopic (exact) mass is 302 g/mol. The van der Waals surface area contributed by atoms with E-state index in [1.165, 1.54) is 24.4 Å². The number of benzene rings is 1. The number of rotatable bonds is 3. The Balaban J connectivity index is 2.34. The van der Waals surface area contributed by atoms with Crippen LogP contribution in [0.2, 0.25) is 5.02 Å². The Labute approximate surface area is 118 Å². The Morgan fingerprint density at radius 3 is 2.45 bits per heavy atom. The Morgan fingerprint density at radius 2 is 1.85 bits per heavy atom. The Kier molecular flexibility index (Phi) is 4.15. The van der Waals surface area contributed by atoms with Gasteiger partial charge >= 0.3 is 6.36 Å². The highest BCUT2D eigenvalue weighted by atomic mass is 35.5. The second kappa shape index (κ2) is 5.68. The van der Waals surface area contributed by atoms with Crippen LogP contribution in [0.4, 0.5) is 13.2 Å². The predicted octanol–water partition coefficient (Wildman–Crippen LogP) is 3.68. The Morgan fingerprint density at radius 1 is 1.15 bits per heavy atom. The number of halogens is 4. The molecule has 2 rings (SSSR count). The molecule has 106 valence electrons. The smallest absolute Gasteiger partial charge is 0.405 e. The standard InChI is InChI=1S/C13H10ClF3N2O/c14-8-5-6-10(19-7-8)12(18)9-3-1-2-4-11(9)20-13(15,16)17/h1-7,12H,18H2. The van der Waals surface area contributed by atoms with E-state index in [4.69, 9.17) is 17.3 Å². The number of hydrogen-bond donors (Lipinski definition) is 1. The van der Waals surface area contributed by atoms with E-state index >= 15 is 0 Å². The number of alkyl halides is 3. The van der Waals surface area contributed by atoms with E-state index in [1.54, 1.807) is 18.2 Å². The highest BCUT2D eigenvalue weighted by Crippen LogP contribution is 2.31. The van der Waals surface area contributed by atoms with Crippen LogP contribution in [0.25, 0.3) is 0 Å². The summed E-state index contributed by atoms with van der Waals surface area (Å²) in [4.78, 5) is 4.00. The van der Waals surface area contributed by atoms with Gasteiger partial charge in [0.15, 0.2) is 0 Å². The molecule has 1 aromatic carbocycles. The lowest BCUT2D eigenvalue weighted by Gasteiger charge is -2.17. The third-order valence-corrected chi connectivity index (χ3v) is 2.77. The molecule has 0 aliphatic rings. The number of nitrogens with zero attached hydrogens (tertiary/aromatic N) is 1. The van der Waals surface area contributed by atoms with Crippen LogP contribution in [0.5, 0.6) is 5.75 Å². The highest BCUT2D eigenvalue weighted by molar-refractivity contribution is 6.30. The molecule has 1 heterocycles. The van der Waals surface area contributed by atoms with E-state index in [-0.39, 0.29) is 11.3 Å². The molecule has 20 heavy (non-hydrogen) atoms. The van der Waals surface area contributed by atoms with Gasteiger partial charge in [-0.3, -0.25) is 4.98 Å². The third-order valence-electron chi connectivity index (χ3n) is 2.55. The minimum atomic E-state index is -4.77. The summed E-state index contributed by atoms with van der Waals surface area (Å²) in [5, 5.41) is 0.417. The zero-order chi connectivity index (χ0) is 14.8. The summed E-state index contributed by atoms with van der Waals surface area (Å²) in [6, 6.07) is 7.96. The van der Waals surface area contributed by atoms with Crippen LogP contribution in [0.3, 0.4) is 0 Å². The first-order chi connectivity index (χ1) is 9.37. The van der Waals surface area contributed by atoms with Crippen LogP contribution in [-0.2, 0) is 0 Å². The van der Waals surface area contributed by atoms with Crippen molar-refractivity contribution in [2.45, 2.75) is 12.4 Å². The molecule has 1 aromatic heterocycles. The van der Waals surface area contributed by atoms with E-state index in [9.17, 15) is 13.2 Å². The zero-order valence-corrected chi connectivity index (χ0v) is 10.8. The molecule has 0 bridgehead atoms. The fourth-order valence-corrected chi connectivity index (χ4v) is 1.80. The minimum Gasteiger partial charge on any atom is -0.405 e. The van der Waals surface area contributed by atoms with Crippen LogP contribution in [0.15, 0.2) is 42.6 Å². The summed E-state index contributed by atoms with van der Waals surface area (Å²) >= 11 is 5.70. The fourth-order valence-electron chi connectivity index (χ4n) is 1.69. The largest absolute Gasteiger partial charge is 0.573 e. The summed E-state index contributed by atoms with van der Waals surface area (Å²) in [5.41, 5.74) is 6.52. The second-order valence-corrected chi connectivity index (χ2v) is 4.40. The summed E-state index contributed by atoms with van der Waals surface area (Å²) in [6.07, 6.45) is -3.40. The van der Waals surface area contributed by atoms with Gasteiger partial charge in [-0.2, -0.15) is 0 Å². The van der Waals surface area contributed by atoms with Gasteiger partial charge in [-0.25, -0.2) is 0 Å².